The van der Waals surface area contributed by atoms with E-state index >= 15 is 0 Å². The molecule has 0 aliphatic rings. The van der Waals surface area contributed by atoms with Gasteiger partial charge in [0.2, 0.25) is 0 Å². The monoisotopic (exact) mass is 510 g/mol. The third-order valence-electron chi connectivity index (χ3n) is 5.93. The summed E-state index contributed by atoms with van der Waals surface area (Å²) in [7, 11) is -3.76. The zero-order valence-electron chi connectivity index (χ0n) is 22.4. The van der Waals surface area contributed by atoms with Crippen LogP contribution in [0.25, 0.3) is 22.3 Å². The SMILES string of the molecule is C[Si](C)(C)O[C@H](c1ccc(-c2ccccc2)cc1)[C@H](O[Si](C)(C)C)c1ccc(-c2ccccc2)cc1. The van der Waals surface area contributed by atoms with Crippen LogP contribution in [0.4, 0.5) is 0 Å². The second kappa shape index (κ2) is 11.1. The minimum atomic E-state index is -1.88. The van der Waals surface area contributed by atoms with Crippen molar-refractivity contribution in [2.75, 3.05) is 0 Å². The summed E-state index contributed by atoms with van der Waals surface area (Å²) >= 11 is 0. The molecule has 0 aliphatic heterocycles. The van der Waals surface area contributed by atoms with E-state index in [4.69, 9.17) is 8.85 Å². The molecule has 4 aromatic rings. The van der Waals surface area contributed by atoms with Gasteiger partial charge in [-0.25, -0.2) is 0 Å². The first-order valence-electron chi connectivity index (χ1n) is 12.8. The Hall–Kier alpha value is -2.77. The lowest BCUT2D eigenvalue weighted by atomic mass is 9.95. The maximum atomic E-state index is 6.88. The molecule has 0 fully saturated rings. The molecule has 2 nitrogen and oxygen atoms in total. The highest BCUT2D eigenvalue weighted by molar-refractivity contribution is 6.70. The van der Waals surface area contributed by atoms with Crippen LogP contribution < -0.4 is 0 Å². The van der Waals surface area contributed by atoms with E-state index in [0.717, 1.165) is 11.1 Å². The van der Waals surface area contributed by atoms with E-state index < -0.39 is 16.6 Å². The average molecular weight is 511 g/mol. The van der Waals surface area contributed by atoms with Crippen molar-refractivity contribution in [3.8, 4) is 22.3 Å². The second-order valence-electron chi connectivity index (χ2n) is 11.3. The first kappa shape index (κ1) is 26.3. The van der Waals surface area contributed by atoms with Crippen LogP contribution in [0.2, 0.25) is 39.3 Å². The largest absolute Gasteiger partial charge is 0.408 e. The lowest BCUT2D eigenvalue weighted by Crippen LogP contribution is -2.36. The van der Waals surface area contributed by atoms with Gasteiger partial charge in [-0.05, 0) is 72.7 Å². The average Bonchev–Trinajstić information content (AvgIpc) is 2.86. The molecule has 0 radical (unpaired) electrons. The molecule has 36 heavy (non-hydrogen) atoms. The van der Waals surface area contributed by atoms with Gasteiger partial charge in [-0.15, -0.1) is 0 Å². The van der Waals surface area contributed by atoms with Crippen molar-refractivity contribution in [1.82, 2.24) is 0 Å². The summed E-state index contributed by atoms with van der Waals surface area (Å²) in [5.41, 5.74) is 7.18. The molecule has 0 saturated carbocycles. The Balaban J connectivity index is 1.73. The molecule has 2 atom stereocenters. The fraction of sp³-hybridized carbons (Fsp3) is 0.250. The van der Waals surface area contributed by atoms with Crippen molar-refractivity contribution < 1.29 is 8.85 Å². The van der Waals surface area contributed by atoms with Crippen molar-refractivity contribution >= 4 is 16.6 Å². The molecule has 0 amide bonds. The summed E-state index contributed by atoms with van der Waals surface area (Å²) in [6.07, 6.45) is -0.341. The van der Waals surface area contributed by atoms with Crippen molar-refractivity contribution in [3.63, 3.8) is 0 Å². The van der Waals surface area contributed by atoms with Gasteiger partial charge in [0.1, 0.15) is 0 Å². The summed E-state index contributed by atoms with van der Waals surface area (Å²) in [6.45, 7) is 13.5. The quantitative estimate of drug-likeness (QED) is 0.209. The molecule has 0 saturated heterocycles. The minimum Gasteiger partial charge on any atom is -0.408 e. The normalized spacial score (nSPS) is 13.8. The molecule has 0 heterocycles. The maximum absolute atomic E-state index is 6.88. The van der Waals surface area contributed by atoms with E-state index in [1.165, 1.54) is 22.3 Å². The zero-order valence-corrected chi connectivity index (χ0v) is 24.4. The van der Waals surface area contributed by atoms with Crippen LogP contribution in [0.5, 0.6) is 0 Å². The van der Waals surface area contributed by atoms with E-state index in [0.29, 0.717) is 0 Å². The molecule has 186 valence electrons. The summed E-state index contributed by atoms with van der Waals surface area (Å²) in [4.78, 5) is 0. The molecular formula is C32H38O2Si2. The fourth-order valence-electron chi connectivity index (χ4n) is 4.36. The van der Waals surface area contributed by atoms with Crippen LogP contribution in [-0.2, 0) is 8.85 Å². The standard InChI is InChI=1S/C32H38O2Si2/c1-35(2,3)33-31(29-21-17-27(18-22-29)25-13-9-7-10-14-25)32(34-36(4,5)6)30-23-19-28(20-24-30)26-15-11-8-12-16-26/h7-24,31-32H,1-6H3/t31-,32-/m1/s1. The Morgan fingerprint density at radius 2 is 0.667 bits per heavy atom. The number of hydrogen-bond donors (Lipinski definition) is 0. The molecule has 4 aromatic carbocycles. The Kier molecular flexibility index (Phi) is 8.11. The Morgan fingerprint density at radius 3 is 0.944 bits per heavy atom. The molecular weight excluding hydrogens is 473 g/mol. The summed E-state index contributed by atoms with van der Waals surface area (Å²) in [5, 5.41) is 0. The number of rotatable bonds is 9. The molecule has 4 rings (SSSR count). The summed E-state index contributed by atoms with van der Waals surface area (Å²) in [6, 6.07) is 38.7. The molecule has 0 aliphatic carbocycles. The fourth-order valence-corrected chi connectivity index (χ4v) is 6.41. The van der Waals surface area contributed by atoms with Gasteiger partial charge in [-0.1, -0.05) is 109 Å². The Morgan fingerprint density at radius 1 is 0.389 bits per heavy atom. The highest BCUT2D eigenvalue weighted by Gasteiger charge is 2.34. The van der Waals surface area contributed by atoms with Crippen LogP contribution in [0.1, 0.15) is 23.3 Å². The van der Waals surface area contributed by atoms with E-state index in [9.17, 15) is 0 Å². The van der Waals surface area contributed by atoms with Gasteiger partial charge in [0.15, 0.2) is 16.6 Å². The van der Waals surface area contributed by atoms with Crippen LogP contribution in [0.15, 0.2) is 109 Å². The van der Waals surface area contributed by atoms with Crippen molar-refractivity contribution in [2.24, 2.45) is 0 Å². The molecule has 0 spiro atoms. The summed E-state index contributed by atoms with van der Waals surface area (Å²) < 4.78 is 13.8. The van der Waals surface area contributed by atoms with Crippen molar-refractivity contribution in [2.45, 2.75) is 51.5 Å². The maximum Gasteiger partial charge on any atom is 0.184 e. The summed E-state index contributed by atoms with van der Waals surface area (Å²) in [5.74, 6) is 0. The predicted molar refractivity (Wildman–Crippen MR) is 158 cm³/mol. The minimum absolute atomic E-state index is 0.171. The van der Waals surface area contributed by atoms with Crippen molar-refractivity contribution in [1.29, 1.82) is 0 Å². The molecule has 0 N–H and O–H groups in total. The second-order valence-corrected chi connectivity index (χ2v) is 20.2. The van der Waals surface area contributed by atoms with Gasteiger partial charge in [0, 0.05) is 0 Å². The smallest absolute Gasteiger partial charge is 0.184 e. The molecule has 0 bridgehead atoms. The molecule has 0 aromatic heterocycles. The van der Waals surface area contributed by atoms with Crippen LogP contribution in [-0.4, -0.2) is 16.6 Å². The van der Waals surface area contributed by atoms with Crippen LogP contribution in [0, 0.1) is 0 Å². The van der Waals surface area contributed by atoms with Crippen LogP contribution in [0.3, 0.4) is 0 Å². The first-order valence-corrected chi connectivity index (χ1v) is 19.6. The highest BCUT2D eigenvalue weighted by atomic mass is 28.4. The van der Waals surface area contributed by atoms with Crippen LogP contribution >= 0.6 is 0 Å². The molecule has 0 unspecified atom stereocenters. The van der Waals surface area contributed by atoms with Gasteiger partial charge < -0.3 is 8.85 Å². The van der Waals surface area contributed by atoms with Gasteiger partial charge >= 0.3 is 0 Å². The lowest BCUT2D eigenvalue weighted by Gasteiger charge is -2.37. The first-order chi connectivity index (χ1) is 17.1. The topological polar surface area (TPSA) is 18.5 Å². The predicted octanol–water partition coefficient (Wildman–Crippen LogP) is 9.51. The van der Waals surface area contributed by atoms with E-state index in [1.807, 2.05) is 0 Å². The zero-order chi connectivity index (χ0) is 25.8. The van der Waals surface area contributed by atoms with E-state index in [2.05, 4.69) is 148 Å². The van der Waals surface area contributed by atoms with Gasteiger partial charge in [-0.2, -0.15) is 0 Å². The molecule has 4 heteroatoms. The van der Waals surface area contributed by atoms with E-state index in [1.54, 1.807) is 0 Å². The number of benzene rings is 4. The highest BCUT2D eigenvalue weighted by Crippen LogP contribution is 2.40. The Labute approximate surface area is 219 Å². The van der Waals surface area contributed by atoms with Crippen molar-refractivity contribution in [3.05, 3.63) is 120 Å². The lowest BCUT2D eigenvalue weighted by molar-refractivity contribution is 0.0421. The van der Waals surface area contributed by atoms with Gasteiger partial charge in [0.05, 0.1) is 12.2 Å². The van der Waals surface area contributed by atoms with Gasteiger partial charge in [-0.3, -0.25) is 0 Å². The number of hydrogen-bond acceptors (Lipinski definition) is 2. The van der Waals surface area contributed by atoms with E-state index in [-0.39, 0.29) is 12.2 Å². The van der Waals surface area contributed by atoms with Gasteiger partial charge in [0.25, 0.3) is 0 Å². The third kappa shape index (κ3) is 7.14. The third-order valence-corrected chi connectivity index (χ3v) is 7.85. The Bertz CT molecular complexity index is 1120.